The SMILES string of the molecule is CCCNC(=O)C(C)NC(=O)[C@@H](N)CCC. The number of nitrogens with one attached hydrogen (secondary N) is 2. The molecule has 2 amide bonds. The van der Waals surface area contributed by atoms with Gasteiger partial charge in [-0.3, -0.25) is 9.59 Å². The van der Waals surface area contributed by atoms with E-state index in [1.807, 2.05) is 13.8 Å². The summed E-state index contributed by atoms with van der Waals surface area (Å²) in [5.74, 6) is -0.431. The third kappa shape index (κ3) is 5.70. The minimum Gasteiger partial charge on any atom is -0.354 e. The van der Waals surface area contributed by atoms with E-state index in [1.165, 1.54) is 0 Å². The van der Waals surface area contributed by atoms with Gasteiger partial charge < -0.3 is 16.4 Å². The van der Waals surface area contributed by atoms with E-state index in [0.717, 1.165) is 12.8 Å². The molecule has 0 aliphatic rings. The van der Waals surface area contributed by atoms with Gasteiger partial charge in [0.15, 0.2) is 0 Å². The molecule has 0 radical (unpaired) electrons. The molecule has 0 aliphatic carbocycles. The zero-order valence-corrected chi connectivity index (χ0v) is 10.4. The van der Waals surface area contributed by atoms with Crippen LogP contribution in [0, 0.1) is 0 Å². The standard InChI is InChI=1S/C11H23N3O2/c1-4-6-9(12)11(16)14-8(3)10(15)13-7-5-2/h8-9H,4-7,12H2,1-3H3,(H,13,15)(H,14,16)/t8?,9-/m0/s1. The van der Waals surface area contributed by atoms with E-state index >= 15 is 0 Å². The van der Waals surface area contributed by atoms with Gasteiger partial charge in [-0.05, 0) is 19.8 Å². The molecular weight excluding hydrogens is 206 g/mol. The van der Waals surface area contributed by atoms with Gasteiger partial charge in [0.25, 0.3) is 0 Å². The number of amides is 2. The van der Waals surface area contributed by atoms with Crippen molar-refractivity contribution in [3.63, 3.8) is 0 Å². The monoisotopic (exact) mass is 229 g/mol. The second-order valence-corrected chi connectivity index (χ2v) is 3.92. The number of carbonyl (C=O) groups is 2. The first-order valence-corrected chi connectivity index (χ1v) is 5.86. The van der Waals surface area contributed by atoms with Crippen molar-refractivity contribution in [2.45, 2.75) is 52.1 Å². The van der Waals surface area contributed by atoms with Crippen LogP contribution in [0.25, 0.3) is 0 Å². The van der Waals surface area contributed by atoms with E-state index in [0.29, 0.717) is 13.0 Å². The molecule has 0 saturated carbocycles. The van der Waals surface area contributed by atoms with Gasteiger partial charge in [0.05, 0.1) is 6.04 Å². The van der Waals surface area contributed by atoms with E-state index in [1.54, 1.807) is 6.92 Å². The molecule has 1 unspecified atom stereocenters. The third-order valence-corrected chi connectivity index (χ3v) is 2.24. The van der Waals surface area contributed by atoms with E-state index in [2.05, 4.69) is 10.6 Å². The van der Waals surface area contributed by atoms with E-state index in [4.69, 9.17) is 5.73 Å². The Morgan fingerprint density at radius 2 is 1.81 bits per heavy atom. The maximum absolute atomic E-state index is 11.5. The summed E-state index contributed by atoms with van der Waals surface area (Å²) in [6.45, 7) is 6.22. The molecule has 0 aromatic rings. The minimum atomic E-state index is -0.526. The molecule has 0 aromatic carbocycles. The first-order valence-electron chi connectivity index (χ1n) is 5.86. The summed E-state index contributed by atoms with van der Waals surface area (Å²) in [4.78, 5) is 23.0. The lowest BCUT2D eigenvalue weighted by molar-refractivity contribution is -0.129. The molecule has 0 spiro atoms. The number of hydrogen-bond donors (Lipinski definition) is 3. The second kappa shape index (κ2) is 8.10. The zero-order valence-electron chi connectivity index (χ0n) is 10.4. The Balaban J connectivity index is 3.98. The van der Waals surface area contributed by atoms with Crippen LogP contribution in [-0.2, 0) is 9.59 Å². The van der Waals surface area contributed by atoms with Crippen molar-refractivity contribution in [3.8, 4) is 0 Å². The molecule has 5 nitrogen and oxygen atoms in total. The van der Waals surface area contributed by atoms with Crippen molar-refractivity contribution in [2.24, 2.45) is 5.73 Å². The van der Waals surface area contributed by atoms with Crippen LogP contribution in [0.4, 0.5) is 0 Å². The van der Waals surface area contributed by atoms with Crippen LogP contribution in [-0.4, -0.2) is 30.4 Å². The molecule has 0 fully saturated rings. The van der Waals surface area contributed by atoms with E-state index in [-0.39, 0.29) is 11.8 Å². The van der Waals surface area contributed by atoms with Crippen molar-refractivity contribution < 1.29 is 9.59 Å². The van der Waals surface area contributed by atoms with Crippen LogP contribution < -0.4 is 16.4 Å². The summed E-state index contributed by atoms with van der Waals surface area (Å²) in [5.41, 5.74) is 5.63. The fourth-order valence-electron chi connectivity index (χ4n) is 1.23. The molecule has 0 aromatic heterocycles. The Bertz CT molecular complexity index is 231. The molecule has 94 valence electrons. The molecule has 5 heteroatoms. The fourth-order valence-corrected chi connectivity index (χ4v) is 1.23. The highest BCUT2D eigenvalue weighted by Crippen LogP contribution is 1.94. The number of hydrogen-bond acceptors (Lipinski definition) is 3. The average Bonchev–Trinajstić information content (AvgIpc) is 2.25. The molecule has 2 atom stereocenters. The summed E-state index contributed by atoms with van der Waals surface area (Å²) in [6.07, 6.45) is 2.36. The molecule has 0 aliphatic heterocycles. The Morgan fingerprint density at radius 1 is 1.19 bits per heavy atom. The van der Waals surface area contributed by atoms with Gasteiger partial charge in [0, 0.05) is 6.54 Å². The Kier molecular flexibility index (Phi) is 7.54. The Hall–Kier alpha value is -1.10. The molecule has 0 saturated heterocycles. The molecule has 16 heavy (non-hydrogen) atoms. The molecule has 0 heterocycles. The molecular formula is C11H23N3O2. The first-order chi connectivity index (χ1) is 7.52. The highest BCUT2D eigenvalue weighted by Gasteiger charge is 2.18. The van der Waals surface area contributed by atoms with E-state index < -0.39 is 12.1 Å². The van der Waals surface area contributed by atoms with Crippen molar-refractivity contribution in [3.05, 3.63) is 0 Å². The van der Waals surface area contributed by atoms with Crippen molar-refractivity contribution >= 4 is 11.8 Å². The quantitative estimate of drug-likeness (QED) is 0.581. The van der Waals surface area contributed by atoms with Crippen LogP contribution >= 0.6 is 0 Å². The van der Waals surface area contributed by atoms with Crippen LogP contribution in [0.1, 0.15) is 40.0 Å². The number of rotatable bonds is 7. The summed E-state index contributed by atoms with van der Waals surface area (Å²) in [5, 5.41) is 5.31. The maximum Gasteiger partial charge on any atom is 0.242 e. The first kappa shape index (κ1) is 14.9. The normalized spacial score (nSPS) is 14.0. The van der Waals surface area contributed by atoms with Gasteiger partial charge >= 0.3 is 0 Å². The number of carbonyl (C=O) groups excluding carboxylic acids is 2. The fraction of sp³-hybridized carbons (Fsp3) is 0.818. The molecule has 4 N–H and O–H groups in total. The topological polar surface area (TPSA) is 84.2 Å². The lowest BCUT2D eigenvalue weighted by atomic mass is 10.1. The smallest absolute Gasteiger partial charge is 0.242 e. The highest BCUT2D eigenvalue weighted by atomic mass is 16.2. The summed E-state index contributed by atoms with van der Waals surface area (Å²) in [7, 11) is 0. The lowest BCUT2D eigenvalue weighted by Gasteiger charge is -2.16. The largest absolute Gasteiger partial charge is 0.354 e. The van der Waals surface area contributed by atoms with Crippen molar-refractivity contribution in [1.82, 2.24) is 10.6 Å². The Labute approximate surface area is 97.2 Å². The van der Waals surface area contributed by atoms with Gasteiger partial charge in [-0.15, -0.1) is 0 Å². The highest BCUT2D eigenvalue weighted by molar-refractivity contribution is 5.89. The zero-order chi connectivity index (χ0) is 12.6. The summed E-state index contributed by atoms with van der Waals surface area (Å²) >= 11 is 0. The summed E-state index contributed by atoms with van der Waals surface area (Å²) < 4.78 is 0. The second-order valence-electron chi connectivity index (χ2n) is 3.92. The lowest BCUT2D eigenvalue weighted by Crippen LogP contribution is -2.50. The maximum atomic E-state index is 11.5. The van der Waals surface area contributed by atoms with Crippen molar-refractivity contribution in [1.29, 1.82) is 0 Å². The van der Waals surface area contributed by atoms with E-state index in [9.17, 15) is 9.59 Å². The van der Waals surface area contributed by atoms with Gasteiger partial charge in [-0.1, -0.05) is 20.3 Å². The third-order valence-electron chi connectivity index (χ3n) is 2.24. The minimum absolute atomic E-state index is 0.168. The summed E-state index contributed by atoms with van der Waals surface area (Å²) in [6, 6.07) is -1.05. The van der Waals surface area contributed by atoms with Crippen LogP contribution in [0.2, 0.25) is 0 Å². The van der Waals surface area contributed by atoms with Crippen molar-refractivity contribution in [2.75, 3.05) is 6.54 Å². The average molecular weight is 229 g/mol. The molecule has 0 bridgehead atoms. The van der Waals surface area contributed by atoms with Crippen LogP contribution in [0.3, 0.4) is 0 Å². The number of nitrogens with two attached hydrogens (primary N) is 1. The predicted octanol–water partition coefficient (Wildman–Crippen LogP) is 0.145. The van der Waals surface area contributed by atoms with Gasteiger partial charge in [-0.25, -0.2) is 0 Å². The van der Waals surface area contributed by atoms with Gasteiger partial charge in [-0.2, -0.15) is 0 Å². The van der Waals surface area contributed by atoms with Gasteiger partial charge in [0.1, 0.15) is 6.04 Å². The van der Waals surface area contributed by atoms with Crippen LogP contribution in [0.5, 0.6) is 0 Å². The Morgan fingerprint density at radius 3 is 2.31 bits per heavy atom. The van der Waals surface area contributed by atoms with Gasteiger partial charge in [0.2, 0.25) is 11.8 Å². The predicted molar refractivity (Wildman–Crippen MR) is 63.8 cm³/mol. The van der Waals surface area contributed by atoms with Crippen LogP contribution in [0.15, 0.2) is 0 Å². The molecule has 0 rings (SSSR count).